The van der Waals surface area contributed by atoms with Crippen molar-refractivity contribution >= 4 is 0 Å². The van der Waals surface area contributed by atoms with E-state index in [2.05, 4.69) is 0 Å². The van der Waals surface area contributed by atoms with Gasteiger partial charge >= 0.3 is 0 Å². The Balaban J connectivity index is 2.74. The standard InChI is InChI=1S/C8H16O7/c9-1-3(11)8-7(14)6(13)5(12)4(2-10)15-8/h3-14H,1-2H2/t3-,4?,5+,6+,7-,8+/m0/s1. The molecule has 6 atom stereocenters. The lowest BCUT2D eigenvalue weighted by Gasteiger charge is -2.41. The molecule has 1 fully saturated rings. The second kappa shape index (κ2) is 5.17. The van der Waals surface area contributed by atoms with E-state index in [4.69, 9.17) is 14.9 Å². The maximum absolute atomic E-state index is 9.43. The molecule has 0 aromatic carbocycles. The molecule has 1 aliphatic heterocycles. The Kier molecular flexibility index (Phi) is 4.41. The van der Waals surface area contributed by atoms with Crippen LogP contribution in [0.3, 0.4) is 0 Å². The lowest BCUT2D eigenvalue weighted by molar-refractivity contribution is -0.251. The van der Waals surface area contributed by atoms with E-state index in [1.165, 1.54) is 0 Å². The van der Waals surface area contributed by atoms with Crippen LogP contribution >= 0.6 is 0 Å². The topological polar surface area (TPSA) is 131 Å². The minimum absolute atomic E-state index is 0.556. The zero-order valence-electron chi connectivity index (χ0n) is 7.97. The predicted molar refractivity (Wildman–Crippen MR) is 46.9 cm³/mol. The Hall–Kier alpha value is -0.280. The van der Waals surface area contributed by atoms with Crippen molar-refractivity contribution in [2.45, 2.75) is 36.6 Å². The first-order valence-corrected chi connectivity index (χ1v) is 4.62. The third-order valence-electron chi connectivity index (χ3n) is 2.50. The van der Waals surface area contributed by atoms with E-state index in [1.54, 1.807) is 0 Å². The van der Waals surface area contributed by atoms with Crippen LogP contribution in [-0.2, 0) is 4.74 Å². The molecule has 0 amide bonds. The van der Waals surface area contributed by atoms with E-state index >= 15 is 0 Å². The van der Waals surface area contributed by atoms with Crippen molar-refractivity contribution in [2.75, 3.05) is 13.2 Å². The van der Waals surface area contributed by atoms with Crippen LogP contribution in [0.25, 0.3) is 0 Å². The van der Waals surface area contributed by atoms with E-state index in [9.17, 15) is 20.4 Å². The summed E-state index contributed by atoms with van der Waals surface area (Å²) in [5.41, 5.74) is 0. The second-order valence-corrected chi connectivity index (χ2v) is 3.54. The third kappa shape index (κ3) is 2.45. The Morgan fingerprint density at radius 1 is 1.00 bits per heavy atom. The number of aliphatic hydroxyl groups excluding tert-OH is 6. The third-order valence-corrected chi connectivity index (χ3v) is 2.50. The molecule has 0 aliphatic carbocycles. The predicted octanol–water partition coefficient (Wildman–Crippen LogP) is -3.82. The lowest BCUT2D eigenvalue weighted by atomic mass is 9.92. The zero-order valence-corrected chi connectivity index (χ0v) is 7.97. The Labute approximate surface area is 86.2 Å². The molecule has 1 aliphatic rings. The van der Waals surface area contributed by atoms with Gasteiger partial charge in [-0.2, -0.15) is 0 Å². The quantitative estimate of drug-likeness (QED) is 0.289. The molecular formula is C8H16O7. The highest BCUT2D eigenvalue weighted by atomic mass is 16.6. The fourth-order valence-electron chi connectivity index (χ4n) is 1.55. The van der Waals surface area contributed by atoms with Crippen LogP contribution in [0.5, 0.6) is 0 Å². The van der Waals surface area contributed by atoms with Gasteiger partial charge in [0.25, 0.3) is 0 Å². The number of rotatable bonds is 3. The average molecular weight is 224 g/mol. The van der Waals surface area contributed by atoms with Gasteiger partial charge in [0, 0.05) is 0 Å². The van der Waals surface area contributed by atoms with Crippen molar-refractivity contribution in [1.82, 2.24) is 0 Å². The van der Waals surface area contributed by atoms with E-state index in [0.29, 0.717) is 0 Å². The molecule has 0 aromatic rings. The van der Waals surface area contributed by atoms with Crippen LogP contribution in [0.2, 0.25) is 0 Å². The zero-order chi connectivity index (χ0) is 11.6. The minimum Gasteiger partial charge on any atom is -0.394 e. The van der Waals surface area contributed by atoms with Crippen LogP contribution < -0.4 is 0 Å². The summed E-state index contributed by atoms with van der Waals surface area (Å²) in [7, 11) is 0. The first-order chi connectivity index (χ1) is 7.02. The summed E-state index contributed by atoms with van der Waals surface area (Å²) in [6.07, 6.45) is -8.16. The molecule has 0 aromatic heterocycles. The molecule has 1 rings (SSSR count). The van der Waals surface area contributed by atoms with E-state index in [1.807, 2.05) is 0 Å². The first kappa shape index (κ1) is 12.8. The number of hydrogen-bond acceptors (Lipinski definition) is 7. The minimum atomic E-state index is -1.53. The fraction of sp³-hybridized carbons (Fsp3) is 1.00. The summed E-state index contributed by atoms with van der Waals surface area (Å²) in [5.74, 6) is 0. The number of hydrogen-bond donors (Lipinski definition) is 6. The van der Waals surface area contributed by atoms with Crippen molar-refractivity contribution in [2.24, 2.45) is 0 Å². The van der Waals surface area contributed by atoms with Crippen molar-refractivity contribution in [3.05, 3.63) is 0 Å². The van der Waals surface area contributed by atoms with E-state index in [0.717, 1.165) is 0 Å². The van der Waals surface area contributed by atoms with Crippen LogP contribution in [0.15, 0.2) is 0 Å². The van der Waals surface area contributed by atoms with Gasteiger partial charge in [-0.3, -0.25) is 0 Å². The van der Waals surface area contributed by atoms with Gasteiger partial charge in [-0.15, -0.1) is 0 Å². The van der Waals surface area contributed by atoms with Gasteiger partial charge in [0.15, 0.2) is 0 Å². The van der Waals surface area contributed by atoms with Gasteiger partial charge in [-0.25, -0.2) is 0 Å². The van der Waals surface area contributed by atoms with E-state index in [-0.39, 0.29) is 0 Å². The van der Waals surface area contributed by atoms with Crippen LogP contribution in [0, 0.1) is 0 Å². The molecule has 0 bridgehead atoms. The molecule has 90 valence electrons. The monoisotopic (exact) mass is 224 g/mol. The molecule has 0 spiro atoms. The van der Waals surface area contributed by atoms with Crippen molar-refractivity contribution in [3.8, 4) is 0 Å². The average Bonchev–Trinajstić information content (AvgIpc) is 2.25. The molecule has 1 heterocycles. The Bertz CT molecular complexity index is 197. The maximum Gasteiger partial charge on any atom is 0.115 e. The smallest absolute Gasteiger partial charge is 0.115 e. The Morgan fingerprint density at radius 2 is 1.60 bits per heavy atom. The van der Waals surface area contributed by atoms with Gasteiger partial charge in [-0.05, 0) is 0 Å². The highest BCUT2D eigenvalue weighted by Crippen LogP contribution is 2.22. The fourth-order valence-corrected chi connectivity index (χ4v) is 1.55. The lowest BCUT2D eigenvalue weighted by Crippen LogP contribution is -2.61. The van der Waals surface area contributed by atoms with Crippen LogP contribution in [-0.4, -0.2) is 80.5 Å². The number of ether oxygens (including phenoxy) is 1. The summed E-state index contributed by atoms with van der Waals surface area (Å²) >= 11 is 0. The van der Waals surface area contributed by atoms with Crippen molar-refractivity contribution in [1.29, 1.82) is 0 Å². The van der Waals surface area contributed by atoms with Gasteiger partial charge in [0.2, 0.25) is 0 Å². The summed E-state index contributed by atoms with van der Waals surface area (Å²) in [6.45, 7) is -1.21. The summed E-state index contributed by atoms with van der Waals surface area (Å²) in [4.78, 5) is 0. The molecule has 6 N–H and O–H groups in total. The maximum atomic E-state index is 9.43. The summed E-state index contributed by atoms with van der Waals surface area (Å²) in [6, 6.07) is 0. The summed E-state index contributed by atoms with van der Waals surface area (Å²) < 4.78 is 4.96. The van der Waals surface area contributed by atoms with Gasteiger partial charge in [-0.1, -0.05) is 0 Å². The molecule has 0 saturated carbocycles. The highest BCUT2D eigenvalue weighted by molar-refractivity contribution is 4.94. The number of aliphatic hydroxyl groups is 6. The summed E-state index contributed by atoms with van der Waals surface area (Å²) in [5, 5.41) is 54.9. The molecule has 1 unspecified atom stereocenters. The van der Waals surface area contributed by atoms with Crippen LogP contribution in [0.1, 0.15) is 0 Å². The SMILES string of the molecule is OCC1O[C@H]([C@@H](O)CO)[C@@H](O)[C@H](O)[C@@H]1O. The molecular weight excluding hydrogens is 208 g/mol. The molecule has 15 heavy (non-hydrogen) atoms. The molecule has 1 saturated heterocycles. The first-order valence-electron chi connectivity index (χ1n) is 4.62. The largest absolute Gasteiger partial charge is 0.394 e. The molecule has 7 nitrogen and oxygen atoms in total. The van der Waals surface area contributed by atoms with E-state index < -0.39 is 49.8 Å². The Morgan fingerprint density at radius 3 is 2.07 bits per heavy atom. The van der Waals surface area contributed by atoms with Gasteiger partial charge < -0.3 is 35.4 Å². The highest BCUT2D eigenvalue weighted by Gasteiger charge is 2.45. The molecule has 0 radical (unpaired) electrons. The van der Waals surface area contributed by atoms with Crippen molar-refractivity contribution in [3.63, 3.8) is 0 Å². The second-order valence-electron chi connectivity index (χ2n) is 3.54. The van der Waals surface area contributed by atoms with Gasteiger partial charge in [0.05, 0.1) is 13.2 Å². The van der Waals surface area contributed by atoms with Gasteiger partial charge in [0.1, 0.15) is 36.6 Å². The van der Waals surface area contributed by atoms with Crippen LogP contribution in [0.4, 0.5) is 0 Å². The normalized spacial score (nSPS) is 44.0. The van der Waals surface area contributed by atoms with Crippen molar-refractivity contribution < 1.29 is 35.4 Å². The molecule has 7 heteroatoms.